The van der Waals surface area contributed by atoms with E-state index >= 15 is 4.79 Å². The summed E-state index contributed by atoms with van der Waals surface area (Å²) in [7, 11) is 0. The molecule has 1 saturated carbocycles. The molecule has 360 valence electrons. The van der Waals surface area contributed by atoms with Crippen molar-refractivity contribution in [2.24, 2.45) is 22.9 Å². The first-order chi connectivity index (χ1) is 33.4. The molecule has 2 aliphatic carbocycles. The molecule has 1 amide bonds. The summed E-state index contributed by atoms with van der Waals surface area (Å²) in [6.07, 6.45) is 8.71. The lowest BCUT2D eigenvalue weighted by Crippen LogP contribution is -2.70. The van der Waals surface area contributed by atoms with Crippen LogP contribution < -0.4 is 18.9 Å². The molecule has 14 nitrogen and oxygen atoms in total. The summed E-state index contributed by atoms with van der Waals surface area (Å²) < 4.78 is 44.5. The van der Waals surface area contributed by atoms with E-state index in [9.17, 15) is 15.0 Å². The second kappa shape index (κ2) is 23.2. The molecule has 4 aliphatic rings. The minimum absolute atomic E-state index is 0.0138. The number of ether oxygens (including phenoxy) is 7. The summed E-state index contributed by atoms with van der Waals surface area (Å²) in [6, 6.07) is 27.3. The molecule has 4 aromatic rings. The highest BCUT2D eigenvalue weighted by Gasteiger charge is 2.65. The van der Waals surface area contributed by atoms with E-state index < -0.39 is 23.8 Å². The molecular weight excluding hydrogens is 869 g/mol. The van der Waals surface area contributed by atoms with E-state index in [1.54, 1.807) is 35.2 Å². The number of carbonyl (C=O) groups is 2. The largest absolute Gasteiger partial charge is 0.459 e. The van der Waals surface area contributed by atoms with E-state index in [-0.39, 0.29) is 70.5 Å². The van der Waals surface area contributed by atoms with Crippen LogP contribution in [0.3, 0.4) is 0 Å². The van der Waals surface area contributed by atoms with Crippen LogP contribution in [0.25, 0.3) is 0 Å². The minimum atomic E-state index is -1.53. The third kappa shape index (κ3) is 10.9. The van der Waals surface area contributed by atoms with E-state index in [4.69, 9.17) is 43.2 Å². The second-order valence-corrected chi connectivity index (χ2v) is 17.5. The Morgan fingerprint density at radius 1 is 0.882 bits per heavy atom. The molecule has 6 unspecified atom stereocenters. The Morgan fingerprint density at radius 3 is 2.47 bits per heavy atom. The molecule has 0 aromatic heterocycles. The molecular formula is C54H62N2O12. The summed E-state index contributed by atoms with van der Waals surface area (Å²) in [5.41, 5.74) is 4.70. The van der Waals surface area contributed by atoms with E-state index in [1.807, 2.05) is 73.7 Å². The maximum Gasteiger partial charge on any atom is 0.410 e. The van der Waals surface area contributed by atoms with Crippen molar-refractivity contribution in [1.82, 2.24) is 4.90 Å². The number of nitrogens with zero attached hydrogens (tertiary/aromatic N) is 2. The van der Waals surface area contributed by atoms with Crippen LogP contribution in [0.1, 0.15) is 84.8 Å². The maximum atomic E-state index is 15.0. The van der Waals surface area contributed by atoms with Crippen molar-refractivity contribution in [3.05, 3.63) is 138 Å². The van der Waals surface area contributed by atoms with Crippen molar-refractivity contribution in [3.8, 4) is 28.7 Å². The zero-order valence-corrected chi connectivity index (χ0v) is 38.7. The number of amides is 1. The molecule has 1 fully saturated rings. The minimum Gasteiger partial charge on any atom is -0.459 e. The number of aldehydes is 1. The van der Waals surface area contributed by atoms with Crippen molar-refractivity contribution >= 4 is 18.1 Å². The molecule has 2 heterocycles. The van der Waals surface area contributed by atoms with Crippen molar-refractivity contribution in [1.29, 1.82) is 0 Å². The first-order valence-corrected chi connectivity index (χ1v) is 23.8. The highest BCUT2D eigenvalue weighted by molar-refractivity contribution is 6.03. The Kier molecular flexibility index (Phi) is 16.5. The van der Waals surface area contributed by atoms with Crippen molar-refractivity contribution < 1.29 is 57.8 Å². The zero-order chi connectivity index (χ0) is 47.3. The van der Waals surface area contributed by atoms with Crippen LogP contribution in [0.5, 0.6) is 28.7 Å². The standard InChI is InChI=1S/C54H62N2O12/c1-3-25-65-54-50(56(33-38-19-21-48-49(29-38)64-36-63-48)53(60)62-27-26-61-35-37-13-6-5-7-14-37)32-46(55-66-4-2)44-30-40(16-8-10-23-57)43(18-9-11-24-58)51(52(44)54)45-31-42(20-22-47(45)68-54)67-41-17-12-15-39(28-41)34-59/h3,5-7,12-15,17,19-22,28-31,34,40,43,50-52,57-58H,1,4,8-11,16,18,23-27,32-33,35-36H2,2H3. The number of aliphatic hydroxyl groups is 2. The predicted molar refractivity (Wildman–Crippen MR) is 254 cm³/mol. The molecule has 14 heteroatoms. The topological polar surface area (TPSA) is 164 Å². The lowest BCUT2D eigenvalue weighted by molar-refractivity contribution is -0.256. The van der Waals surface area contributed by atoms with Gasteiger partial charge in [0.25, 0.3) is 0 Å². The number of fused-ring (bicyclic) bond motifs is 3. The van der Waals surface area contributed by atoms with Gasteiger partial charge in [0.05, 0.1) is 31.5 Å². The third-order valence-corrected chi connectivity index (χ3v) is 13.1. The van der Waals surface area contributed by atoms with Gasteiger partial charge >= 0.3 is 6.09 Å². The normalized spacial score (nSPS) is 22.5. The Hall–Kier alpha value is -6.19. The fourth-order valence-electron chi connectivity index (χ4n) is 10.2. The van der Waals surface area contributed by atoms with Gasteiger partial charge < -0.3 is 48.2 Å². The Labute approximate surface area is 398 Å². The van der Waals surface area contributed by atoms with Gasteiger partial charge in [0.2, 0.25) is 12.6 Å². The van der Waals surface area contributed by atoms with Crippen molar-refractivity contribution in [3.63, 3.8) is 0 Å². The fraction of sp³-hybridized carbons (Fsp3) is 0.426. The number of rotatable bonds is 24. The average Bonchev–Trinajstić information content (AvgIpc) is 3.84. The second-order valence-electron chi connectivity index (χ2n) is 17.5. The van der Waals surface area contributed by atoms with Gasteiger partial charge in [-0.2, -0.15) is 0 Å². The van der Waals surface area contributed by atoms with Crippen LogP contribution in [0.2, 0.25) is 0 Å². The zero-order valence-electron chi connectivity index (χ0n) is 38.7. The highest BCUT2D eigenvalue weighted by Crippen LogP contribution is 2.62. The number of carbonyl (C=O) groups excluding carboxylic acids is 2. The molecule has 6 atom stereocenters. The summed E-state index contributed by atoms with van der Waals surface area (Å²) in [5, 5.41) is 24.8. The Balaban J connectivity index is 1.26. The van der Waals surface area contributed by atoms with Gasteiger partial charge in [-0.1, -0.05) is 78.7 Å². The van der Waals surface area contributed by atoms with Crippen LogP contribution in [0.15, 0.2) is 120 Å². The molecule has 0 bridgehead atoms. The molecule has 8 rings (SSSR count). The number of aliphatic hydroxyl groups excluding tert-OH is 2. The first kappa shape index (κ1) is 48.3. The van der Waals surface area contributed by atoms with E-state index in [0.29, 0.717) is 66.1 Å². The molecule has 0 spiro atoms. The monoisotopic (exact) mass is 930 g/mol. The summed E-state index contributed by atoms with van der Waals surface area (Å²) >= 11 is 0. The number of unbranched alkanes of at least 4 members (excludes halogenated alkanes) is 2. The van der Waals surface area contributed by atoms with Crippen LogP contribution in [0, 0.1) is 17.8 Å². The molecule has 2 N–H and O–H groups in total. The van der Waals surface area contributed by atoms with Crippen LogP contribution >= 0.6 is 0 Å². The lowest BCUT2D eigenvalue weighted by atomic mass is 9.55. The summed E-state index contributed by atoms with van der Waals surface area (Å²) in [4.78, 5) is 34.3. The number of hydrogen-bond donors (Lipinski definition) is 2. The number of allylic oxidation sites excluding steroid dienone is 1. The SMILES string of the molecule is C=CCOC12Oc3ccc(Oc4cccc(C=O)c4)cc3C3C(CCCCO)C(CCCCO)C=C(C(=NOCC)CC1N(Cc1ccc4c(c1)OCO4)C(=O)OCCOCc1ccccc1)C32. The molecule has 2 aliphatic heterocycles. The van der Waals surface area contributed by atoms with E-state index in [0.717, 1.165) is 54.2 Å². The number of hydrogen-bond acceptors (Lipinski definition) is 13. The maximum absolute atomic E-state index is 15.0. The first-order valence-electron chi connectivity index (χ1n) is 23.8. The quantitative estimate of drug-likeness (QED) is 0.0297. The van der Waals surface area contributed by atoms with Gasteiger partial charge in [-0.05, 0) is 104 Å². The molecule has 68 heavy (non-hydrogen) atoms. The fourth-order valence-corrected chi connectivity index (χ4v) is 10.2. The van der Waals surface area contributed by atoms with Crippen LogP contribution in [-0.2, 0) is 32.2 Å². The van der Waals surface area contributed by atoms with E-state index in [2.05, 4.69) is 12.7 Å². The Bertz CT molecular complexity index is 2410. The molecule has 0 saturated heterocycles. The third-order valence-electron chi connectivity index (χ3n) is 13.1. The van der Waals surface area contributed by atoms with Gasteiger partial charge in [-0.3, -0.25) is 9.69 Å². The predicted octanol–water partition coefficient (Wildman–Crippen LogP) is 9.53. The van der Waals surface area contributed by atoms with Crippen LogP contribution in [-0.4, -0.2) is 91.5 Å². The van der Waals surface area contributed by atoms with Gasteiger partial charge in [0.1, 0.15) is 42.8 Å². The Morgan fingerprint density at radius 2 is 1.68 bits per heavy atom. The smallest absolute Gasteiger partial charge is 0.410 e. The molecule has 0 radical (unpaired) electrons. The number of oxime groups is 1. The van der Waals surface area contributed by atoms with Gasteiger partial charge in [-0.25, -0.2) is 4.79 Å². The highest BCUT2D eigenvalue weighted by atomic mass is 16.7. The average molecular weight is 931 g/mol. The number of benzene rings is 4. The molecule has 4 aromatic carbocycles. The van der Waals surface area contributed by atoms with Gasteiger partial charge in [0, 0.05) is 43.2 Å². The lowest BCUT2D eigenvalue weighted by Gasteiger charge is -2.59. The van der Waals surface area contributed by atoms with Crippen molar-refractivity contribution in [2.75, 3.05) is 46.4 Å². The van der Waals surface area contributed by atoms with Crippen molar-refractivity contribution in [2.45, 2.75) is 82.8 Å². The summed E-state index contributed by atoms with van der Waals surface area (Å²) in [5.74, 6) is 0.429. The van der Waals surface area contributed by atoms with Crippen LogP contribution in [0.4, 0.5) is 4.79 Å². The van der Waals surface area contributed by atoms with Gasteiger partial charge in [0.15, 0.2) is 11.5 Å². The van der Waals surface area contributed by atoms with E-state index in [1.165, 1.54) is 0 Å². The van der Waals surface area contributed by atoms with Gasteiger partial charge in [-0.15, -0.1) is 6.58 Å². The summed E-state index contributed by atoms with van der Waals surface area (Å²) in [6.45, 7) is 7.16.